The Kier molecular flexibility index (Phi) is 9.51. The number of hydrogen-bond acceptors (Lipinski definition) is 10. The molecule has 13 nitrogen and oxygen atoms in total. The minimum Gasteiger partial charge on any atom is -0.479 e. The van der Waals surface area contributed by atoms with Crippen LogP contribution in [0.4, 0.5) is 0 Å². The Labute approximate surface area is 221 Å². The number of rotatable bonds is 14. The third-order valence-electron chi connectivity index (χ3n) is 6.70. The number of nitrogens with one attached hydrogen (secondary N) is 1. The first-order chi connectivity index (χ1) is 18.2. The lowest BCUT2D eigenvalue weighted by Crippen LogP contribution is -2.77. The fourth-order valence-corrected chi connectivity index (χ4v) is 3.95. The van der Waals surface area contributed by atoms with Crippen molar-refractivity contribution in [1.29, 1.82) is 0 Å². The summed E-state index contributed by atoms with van der Waals surface area (Å²) in [4.78, 5) is 81.6. The van der Waals surface area contributed by atoms with E-state index in [9.17, 15) is 49.2 Å². The van der Waals surface area contributed by atoms with Crippen LogP contribution in [0, 0.1) is 5.92 Å². The van der Waals surface area contributed by atoms with Crippen molar-refractivity contribution < 1.29 is 53.3 Å². The van der Waals surface area contributed by atoms with Gasteiger partial charge >= 0.3 is 5.97 Å². The third-order valence-corrected chi connectivity index (χ3v) is 6.70. The molecule has 0 heterocycles. The normalized spacial score (nSPS) is 20.6. The Morgan fingerprint density at radius 1 is 0.892 bits per heavy atom. The Balaban J connectivity index is 8.30. The van der Waals surface area contributed by atoms with Crippen LogP contribution in [0.15, 0.2) is 0 Å². The van der Waals surface area contributed by atoms with Crippen LogP contribution in [-0.2, 0) is 28.8 Å². The highest BCUT2D eigenvalue weighted by Gasteiger charge is 2.66. The minimum atomic E-state index is -3.38. The summed E-state index contributed by atoms with van der Waals surface area (Å²) in [5.74, 6) is -10.8. The lowest BCUT2D eigenvalue weighted by atomic mass is 9.65. The fraction of sp³-hybridized carbons (Fsp3) is 0.750. The zero-order valence-electron chi connectivity index (χ0n) is 25.3. The van der Waals surface area contributed by atoms with Gasteiger partial charge in [0.15, 0.2) is 22.6 Å². The number of carboxylic acids is 1. The first kappa shape index (κ1) is 28.8. The zero-order chi connectivity index (χ0) is 32.0. The SMILES string of the molecule is [2H]CN[C@@H](C)C(=O)[C@@](C(=O)[C@](C)(C(=O)[C@@](C)(O)C(=O)O)N(C[2H])C(=O)[C@@H](C)O)([C@@H](C)CC)N(C[2H])C(=O)[C@H](C)O. The number of carbonyl (C=O) groups excluding carboxylic acids is 5. The zero-order valence-corrected chi connectivity index (χ0v) is 22.3. The van der Waals surface area contributed by atoms with Crippen molar-refractivity contribution in [3.05, 3.63) is 0 Å². The van der Waals surface area contributed by atoms with Gasteiger partial charge in [-0.05, 0) is 47.6 Å². The maximum Gasteiger partial charge on any atom is 0.343 e. The van der Waals surface area contributed by atoms with Crippen molar-refractivity contribution in [3.8, 4) is 0 Å². The monoisotopic (exact) mass is 534 g/mol. The molecule has 212 valence electrons. The second kappa shape index (κ2) is 12.2. The van der Waals surface area contributed by atoms with Crippen LogP contribution in [0.25, 0.3) is 0 Å². The van der Waals surface area contributed by atoms with Gasteiger partial charge in [-0.1, -0.05) is 20.3 Å². The summed E-state index contributed by atoms with van der Waals surface area (Å²) in [6.45, 7) is 7.17. The van der Waals surface area contributed by atoms with Gasteiger partial charge in [-0.15, -0.1) is 0 Å². The predicted molar refractivity (Wildman–Crippen MR) is 131 cm³/mol. The molecule has 0 fully saturated rings. The van der Waals surface area contributed by atoms with Crippen molar-refractivity contribution in [2.75, 3.05) is 21.1 Å². The Morgan fingerprint density at radius 3 is 1.70 bits per heavy atom. The second-order valence-electron chi connectivity index (χ2n) is 9.36. The molecule has 0 aromatic rings. The number of carboxylic acid groups (broad SMARTS) is 1. The van der Waals surface area contributed by atoms with Gasteiger partial charge < -0.3 is 35.5 Å². The van der Waals surface area contributed by atoms with Gasteiger partial charge in [0.25, 0.3) is 11.8 Å². The molecule has 0 unspecified atom stereocenters. The van der Waals surface area contributed by atoms with E-state index >= 15 is 0 Å². The van der Waals surface area contributed by atoms with Crippen LogP contribution in [0.1, 0.15) is 59.0 Å². The third kappa shape index (κ3) is 5.74. The van der Waals surface area contributed by atoms with Crippen LogP contribution in [0.2, 0.25) is 0 Å². The van der Waals surface area contributed by atoms with E-state index in [0.29, 0.717) is 18.7 Å². The van der Waals surface area contributed by atoms with Crippen molar-refractivity contribution in [2.45, 2.75) is 89.8 Å². The predicted octanol–water partition coefficient (Wildman–Crippen LogP) is -1.64. The molecule has 0 rings (SSSR count). The number of aliphatic carboxylic acids is 1. The van der Waals surface area contributed by atoms with Gasteiger partial charge in [0.1, 0.15) is 12.2 Å². The van der Waals surface area contributed by atoms with E-state index in [1.807, 2.05) is 0 Å². The number of aliphatic hydroxyl groups excluding tert-OH is 2. The number of amides is 2. The molecule has 5 N–H and O–H groups in total. The molecular weight excluding hydrogens is 490 g/mol. The average molecular weight is 535 g/mol. The van der Waals surface area contributed by atoms with Gasteiger partial charge in [-0.3, -0.25) is 24.0 Å². The van der Waals surface area contributed by atoms with E-state index in [1.165, 1.54) is 20.8 Å². The maximum absolute atomic E-state index is 14.9. The van der Waals surface area contributed by atoms with Crippen molar-refractivity contribution in [1.82, 2.24) is 15.1 Å². The van der Waals surface area contributed by atoms with Crippen LogP contribution < -0.4 is 5.32 Å². The first-order valence-corrected chi connectivity index (χ1v) is 11.4. The van der Waals surface area contributed by atoms with Gasteiger partial charge in [0.2, 0.25) is 11.4 Å². The van der Waals surface area contributed by atoms with Crippen LogP contribution in [-0.4, -0.2) is 121 Å². The molecule has 7 atom stereocenters. The van der Waals surface area contributed by atoms with Crippen LogP contribution in [0.5, 0.6) is 0 Å². The number of Topliss-reactive ketones (excluding diaryl/α,β-unsaturated/α-hetero) is 3. The summed E-state index contributed by atoms with van der Waals surface area (Å²) in [7, 11) is -2.93. The summed E-state index contributed by atoms with van der Waals surface area (Å²) < 4.78 is 23.5. The Morgan fingerprint density at radius 2 is 1.35 bits per heavy atom. The standard InChI is InChI=1S/C24H41N3O10/c1-11-12(2)24(16(30)13(3)25-8,27(10)18(32)15(5)29)20(34)22(6,26(9)17(31)14(4)28)19(33)23(7,37)21(35)36/h12-15,25,28-29,37H,11H2,1-10H3,(H,35,36)/t12-,13-,14+,15-,22-,23+,24+/m0/s1/i8D,9D,10D. The van der Waals surface area contributed by atoms with Gasteiger partial charge in [-0.25, -0.2) is 4.79 Å². The van der Waals surface area contributed by atoms with Crippen LogP contribution >= 0.6 is 0 Å². The average Bonchev–Trinajstić information content (AvgIpc) is 2.89. The molecule has 0 aliphatic carbocycles. The van der Waals surface area contributed by atoms with E-state index in [2.05, 4.69) is 5.32 Å². The molecule has 13 heteroatoms. The highest BCUT2D eigenvalue weighted by molar-refractivity contribution is 6.30. The van der Waals surface area contributed by atoms with E-state index < -0.39 is 97.1 Å². The minimum absolute atomic E-state index is 0.0838. The Bertz CT molecular complexity index is 993. The lowest BCUT2D eigenvalue weighted by molar-refractivity contribution is -0.178. The molecule has 2 amide bonds. The summed E-state index contributed by atoms with van der Waals surface area (Å²) in [5.41, 5.74) is -9.45. The topological polar surface area (TPSA) is 202 Å². The van der Waals surface area contributed by atoms with Gasteiger partial charge in [-0.2, -0.15) is 0 Å². The van der Waals surface area contributed by atoms with Crippen molar-refractivity contribution in [3.63, 3.8) is 0 Å². The lowest BCUT2D eigenvalue weighted by Gasteiger charge is -2.50. The summed E-state index contributed by atoms with van der Waals surface area (Å²) in [6, 6.07) is -1.40. The summed E-state index contributed by atoms with van der Waals surface area (Å²) in [6.07, 6.45) is -3.90. The maximum atomic E-state index is 14.9. The molecule has 0 bridgehead atoms. The number of carbonyl (C=O) groups is 6. The van der Waals surface area contributed by atoms with Crippen LogP contribution in [0.3, 0.4) is 0 Å². The molecule has 0 radical (unpaired) electrons. The molecule has 0 aliphatic rings. The van der Waals surface area contributed by atoms with Gasteiger partial charge in [0, 0.05) is 18.2 Å². The van der Waals surface area contributed by atoms with Crippen molar-refractivity contribution >= 4 is 35.1 Å². The quantitative estimate of drug-likeness (QED) is 0.160. The van der Waals surface area contributed by atoms with Gasteiger partial charge in [0.05, 0.1) is 6.04 Å². The van der Waals surface area contributed by atoms with E-state index in [0.717, 1.165) is 13.8 Å². The highest BCUT2D eigenvalue weighted by atomic mass is 16.4. The molecular formula is C24H41N3O10. The molecule has 0 saturated heterocycles. The molecule has 0 saturated carbocycles. The molecule has 0 aromatic carbocycles. The van der Waals surface area contributed by atoms with Crippen molar-refractivity contribution in [2.24, 2.45) is 5.92 Å². The number of likely N-dealkylation sites (N-methyl/N-ethyl adjacent to an activating group) is 3. The number of hydrogen-bond donors (Lipinski definition) is 5. The number of nitrogens with zero attached hydrogens (tertiary/aromatic N) is 2. The molecule has 0 aromatic heterocycles. The van der Waals surface area contributed by atoms with E-state index in [4.69, 9.17) is 4.11 Å². The summed E-state index contributed by atoms with van der Waals surface area (Å²) in [5, 5.41) is 42.8. The fourth-order valence-electron chi connectivity index (χ4n) is 3.95. The summed E-state index contributed by atoms with van der Waals surface area (Å²) >= 11 is 0. The van der Waals surface area contributed by atoms with E-state index in [1.54, 1.807) is 0 Å². The molecule has 37 heavy (non-hydrogen) atoms. The van der Waals surface area contributed by atoms with E-state index in [-0.39, 0.29) is 11.3 Å². The largest absolute Gasteiger partial charge is 0.479 e. The molecule has 0 spiro atoms. The number of aliphatic hydroxyl groups is 3. The molecule has 0 aliphatic heterocycles. The Hall–Kier alpha value is -2.74. The smallest absolute Gasteiger partial charge is 0.343 e. The highest BCUT2D eigenvalue weighted by Crippen LogP contribution is 2.38. The first-order valence-electron chi connectivity index (χ1n) is 13.6. The second-order valence-corrected chi connectivity index (χ2v) is 9.36. The number of ketones is 3.